The Kier molecular flexibility index (Phi) is 5.36. The molecule has 8 nitrogen and oxygen atoms in total. The summed E-state index contributed by atoms with van der Waals surface area (Å²) in [6.07, 6.45) is 3.18. The molecule has 0 aromatic carbocycles. The predicted molar refractivity (Wildman–Crippen MR) is 72.1 cm³/mol. The molecule has 1 rings (SSSR count). The predicted octanol–water partition coefficient (Wildman–Crippen LogP) is 1.27. The van der Waals surface area contributed by atoms with Gasteiger partial charge in [-0.15, -0.1) is 5.10 Å². The molecular formula is C12H19N5O3. The summed E-state index contributed by atoms with van der Waals surface area (Å²) in [6.45, 7) is 5.93. The number of rotatable bonds is 5. The van der Waals surface area contributed by atoms with E-state index in [-0.39, 0.29) is 17.8 Å². The number of carbonyl (C=O) groups excluding carboxylic acids is 1. The van der Waals surface area contributed by atoms with E-state index >= 15 is 0 Å². The van der Waals surface area contributed by atoms with E-state index in [4.69, 9.17) is 5.11 Å². The molecule has 2 amide bonds. The Hall–Kier alpha value is -2.25. The molecule has 1 atom stereocenters. The standard InChI is InChI=1S/C12H19N5O3/c1-12(2,3)7-8(6-9(18)19)15-11(20)16-10-13-4-5-14-17-10/h4-5,8H,6-7H2,1-3H3,(H,18,19)(H2,13,15,16,17,20). The van der Waals surface area contributed by atoms with Crippen molar-refractivity contribution < 1.29 is 14.7 Å². The summed E-state index contributed by atoms with van der Waals surface area (Å²) in [5.74, 6) is -0.896. The molecule has 0 fully saturated rings. The minimum atomic E-state index is -0.961. The molecule has 1 heterocycles. The van der Waals surface area contributed by atoms with E-state index in [0.29, 0.717) is 6.42 Å². The number of amides is 2. The average Bonchev–Trinajstić information content (AvgIpc) is 2.26. The third kappa shape index (κ3) is 6.62. The second-order valence-corrected chi connectivity index (χ2v) is 5.62. The van der Waals surface area contributed by atoms with E-state index in [2.05, 4.69) is 25.8 Å². The van der Waals surface area contributed by atoms with E-state index in [1.54, 1.807) is 0 Å². The maximum absolute atomic E-state index is 11.8. The van der Waals surface area contributed by atoms with Crippen LogP contribution in [0.1, 0.15) is 33.6 Å². The number of carboxylic acid groups (broad SMARTS) is 1. The fourth-order valence-corrected chi connectivity index (χ4v) is 1.75. The van der Waals surface area contributed by atoms with Crippen molar-refractivity contribution in [3.63, 3.8) is 0 Å². The number of aromatic nitrogens is 3. The summed E-state index contributed by atoms with van der Waals surface area (Å²) in [4.78, 5) is 26.4. The van der Waals surface area contributed by atoms with Gasteiger partial charge in [0.15, 0.2) is 0 Å². The number of nitrogens with zero attached hydrogens (tertiary/aromatic N) is 3. The van der Waals surface area contributed by atoms with E-state index < -0.39 is 18.0 Å². The van der Waals surface area contributed by atoms with Crippen molar-refractivity contribution in [2.75, 3.05) is 5.32 Å². The van der Waals surface area contributed by atoms with Gasteiger partial charge in [-0.1, -0.05) is 20.8 Å². The van der Waals surface area contributed by atoms with Crippen LogP contribution in [0, 0.1) is 5.41 Å². The number of nitrogens with one attached hydrogen (secondary N) is 2. The van der Waals surface area contributed by atoms with E-state index in [0.717, 1.165) is 0 Å². The second-order valence-electron chi connectivity index (χ2n) is 5.62. The molecule has 110 valence electrons. The molecule has 0 bridgehead atoms. The average molecular weight is 281 g/mol. The van der Waals surface area contributed by atoms with Crippen LogP contribution < -0.4 is 10.6 Å². The number of carbonyl (C=O) groups is 2. The Bertz CT molecular complexity index is 458. The van der Waals surface area contributed by atoms with Crippen LogP contribution in [0.5, 0.6) is 0 Å². The zero-order valence-corrected chi connectivity index (χ0v) is 11.8. The number of hydrogen-bond acceptors (Lipinski definition) is 5. The van der Waals surface area contributed by atoms with Gasteiger partial charge >= 0.3 is 12.0 Å². The first-order chi connectivity index (χ1) is 9.26. The van der Waals surface area contributed by atoms with E-state index in [1.807, 2.05) is 20.8 Å². The van der Waals surface area contributed by atoms with Crippen molar-refractivity contribution in [3.8, 4) is 0 Å². The summed E-state index contributed by atoms with van der Waals surface area (Å²) in [6, 6.07) is -1.02. The molecule has 8 heteroatoms. The lowest BCUT2D eigenvalue weighted by atomic mass is 9.87. The molecule has 20 heavy (non-hydrogen) atoms. The number of urea groups is 1. The van der Waals surface area contributed by atoms with Gasteiger partial charge in [0.05, 0.1) is 18.8 Å². The maximum Gasteiger partial charge on any atom is 0.321 e. The largest absolute Gasteiger partial charge is 0.481 e. The third-order valence-electron chi connectivity index (χ3n) is 2.32. The van der Waals surface area contributed by atoms with Gasteiger partial charge in [-0.05, 0) is 11.8 Å². The lowest BCUT2D eigenvalue weighted by molar-refractivity contribution is -0.137. The smallest absolute Gasteiger partial charge is 0.321 e. The molecule has 0 radical (unpaired) electrons. The van der Waals surface area contributed by atoms with Crippen LogP contribution in [-0.2, 0) is 4.79 Å². The maximum atomic E-state index is 11.8. The van der Waals surface area contributed by atoms with Crippen LogP contribution in [0.2, 0.25) is 0 Å². The Morgan fingerprint density at radius 2 is 2.05 bits per heavy atom. The molecule has 0 saturated carbocycles. The molecule has 0 aliphatic rings. The highest BCUT2D eigenvalue weighted by Gasteiger charge is 2.23. The summed E-state index contributed by atoms with van der Waals surface area (Å²) in [7, 11) is 0. The number of carboxylic acids is 1. The number of aliphatic carboxylic acids is 1. The summed E-state index contributed by atoms with van der Waals surface area (Å²) >= 11 is 0. The van der Waals surface area contributed by atoms with Crippen LogP contribution in [-0.4, -0.2) is 38.3 Å². The highest BCUT2D eigenvalue weighted by Crippen LogP contribution is 2.22. The van der Waals surface area contributed by atoms with Gasteiger partial charge in [0.2, 0.25) is 0 Å². The van der Waals surface area contributed by atoms with Crippen molar-refractivity contribution in [1.29, 1.82) is 0 Å². The Balaban J connectivity index is 2.59. The molecule has 1 unspecified atom stereocenters. The quantitative estimate of drug-likeness (QED) is 0.748. The second kappa shape index (κ2) is 6.78. The van der Waals surface area contributed by atoms with Crippen molar-refractivity contribution >= 4 is 17.9 Å². The molecular weight excluding hydrogens is 262 g/mol. The zero-order valence-electron chi connectivity index (χ0n) is 11.8. The van der Waals surface area contributed by atoms with Gasteiger partial charge in [-0.2, -0.15) is 5.10 Å². The Morgan fingerprint density at radius 3 is 2.55 bits per heavy atom. The molecule has 3 N–H and O–H groups in total. The number of hydrogen-bond donors (Lipinski definition) is 3. The fraction of sp³-hybridized carbons (Fsp3) is 0.583. The van der Waals surface area contributed by atoms with E-state index in [9.17, 15) is 9.59 Å². The fourth-order valence-electron chi connectivity index (χ4n) is 1.75. The van der Waals surface area contributed by atoms with Crippen LogP contribution in [0.25, 0.3) is 0 Å². The van der Waals surface area contributed by atoms with Crippen molar-refractivity contribution in [1.82, 2.24) is 20.5 Å². The first-order valence-electron chi connectivity index (χ1n) is 6.19. The lowest BCUT2D eigenvalue weighted by Crippen LogP contribution is -2.41. The molecule has 1 aromatic heterocycles. The molecule has 1 aromatic rings. The topological polar surface area (TPSA) is 117 Å². The van der Waals surface area contributed by atoms with Gasteiger partial charge in [-0.25, -0.2) is 9.78 Å². The van der Waals surface area contributed by atoms with Gasteiger partial charge in [0.1, 0.15) is 0 Å². The molecule has 0 saturated heterocycles. The monoisotopic (exact) mass is 281 g/mol. The molecule has 0 aliphatic carbocycles. The summed E-state index contributed by atoms with van der Waals surface area (Å²) < 4.78 is 0. The minimum absolute atomic E-state index is 0.0647. The van der Waals surface area contributed by atoms with Gasteiger partial charge in [0, 0.05) is 6.04 Å². The first-order valence-corrected chi connectivity index (χ1v) is 6.19. The lowest BCUT2D eigenvalue weighted by Gasteiger charge is -2.25. The molecule has 0 aliphatic heterocycles. The van der Waals surface area contributed by atoms with Crippen molar-refractivity contribution in [2.45, 2.75) is 39.7 Å². The third-order valence-corrected chi connectivity index (χ3v) is 2.32. The molecule has 0 spiro atoms. The first kappa shape index (κ1) is 15.8. The van der Waals surface area contributed by atoms with Crippen LogP contribution in [0.4, 0.5) is 10.7 Å². The van der Waals surface area contributed by atoms with Gasteiger partial charge in [-0.3, -0.25) is 10.1 Å². The normalized spacial score (nSPS) is 12.6. The minimum Gasteiger partial charge on any atom is -0.481 e. The summed E-state index contributed by atoms with van der Waals surface area (Å²) in [5.41, 5.74) is -0.0990. The Morgan fingerprint density at radius 1 is 1.35 bits per heavy atom. The Labute approximate surface area is 117 Å². The van der Waals surface area contributed by atoms with Crippen molar-refractivity contribution in [3.05, 3.63) is 12.4 Å². The van der Waals surface area contributed by atoms with Crippen molar-refractivity contribution in [2.24, 2.45) is 5.41 Å². The summed E-state index contributed by atoms with van der Waals surface area (Å²) in [5, 5.41) is 21.1. The zero-order chi connectivity index (χ0) is 15.2. The van der Waals surface area contributed by atoms with Gasteiger partial charge in [0.25, 0.3) is 5.95 Å². The van der Waals surface area contributed by atoms with Crippen LogP contribution in [0.3, 0.4) is 0 Å². The van der Waals surface area contributed by atoms with E-state index in [1.165, 1.54) is 12.4 Å². The highest BCUT2D eigenvalue weighted by molar-refractivity contribution is 5.87. The number of anilines is 1. The van der Waals surface area contributed by atoms with Gasteiger partial charge < -0.3 is 10.4 Å². The SMILES string of the molecule is CC(C)(C)CC(CC(=O)O)NC(=O)Nc1nccnn1. The van der Waals surface area contributed by atoms with Crippen LogP contribution >= 0.6 is 0 Å². The highest BCUT2D eigenvalue weighted by atomic mass is 16.4. The van der Waals surface area contributed by atoms with Crippen LogP contribution in [0.15, 0.2) is 12.4 Å².